The first-order valence-electron chi connectivity index (χ1n) is 5.33. The van der Waals surface area contributed by atoms with Gasteiger partial charge in [-0.3, -0.25) is 14.8 Å². The van der Waals surface area contributed by atoms with Gasteiger partial charge in [0, 0.05) is 19.2 Å². The average molecular weight is 298 g/mol. The minimum atomic E-state index is -3.97. The fourth-order valence-corrected chi connectivity index (χ4v) is 2.52. The van der Waals surface area contributed by atoms with Gasteiger partial charge in [-0.2, -0.15) is 0 Å². The molecular weight excluding hydrogens is 288 g/mol. The number of aromatic nitrogens is 1. The molecule has 0 aliphatic carbocycles. The van der Waals surface area contributed by atoms with Gasteiger partial charge in [-0.05, 0) is 12.1 Å². The van der Waals surface area contributed by atoms with Crippen LogP contribution in [0.15, 0.2) is 39.9 Å². The van der Waals surface area contributed by atoms with Gasteiger partial charge in [0.2, 0.25) is 0 Å². The van der Waals surface area contributed by atoms with E-state index in [0.717, 1.165) is 6.07 Å². The van der Waals surface area contributed by atoms with E-state index in [1.165, 1.54) is 31.5 Å². The predicted octanol–water partition coefficient (Wildman–Crippen LogP) is 1.43. The van der Waals surface area contributed by atoms with Gasteiger partial charge in [0.25, 0.3) is 15.7 Å². The van der Waals surface area contributed by atoms with Crippen molar-refractivity contribution in [3.8, 4) is 0 Å². The summed E-state index contributed by atoms with van der Waals surface area (Å²) in [5.41, 5.74) is -0.120. The summed E-state index contributed by atoms with van der Waals surface area (Å²) >= 11 is 0. The van der Waals surface area contributed by atoms with Crippen LogP contribution in [0.5, 0.6) is 0 Å². The number of nitro benzene ring substituents is 1. The number of hydrogen-bond acceptors (Lipinski definition) is 7. The van der Waals surface area contributed by atoms with Crippen LogP contribution in [0.25, 0.3) is 0 Å². The second-order valence-corrected chi connectivity index (χ2v) is 5.36. The first kappa shape index (κ1) is 13.8. The quantitative estimate of drug-likeness (QED) is 0.631. The predicted molar refractivity (Wildman–Crippen MR) is 70.0 cm³/mol. The molecule has 2 N–H and O–H groups in total. The first-order valence-corrected chi connectivity index (χ1v) is 6.82. The van der Waals surface area contributed by atoms with E-state index >= 15 is 0 Å². The van der Waals surface area contributed by atoms with E-state index in [-0.39, 0.29) is 22.1 Å². The van der Waals surface area contributed by atoms with Crippen LogP contribution in [0.3, 0.4) is 0 Å². The molecule has 0 amide bonds. The van der Waals surface area contributed by atoms with Gasteiger partial charge in [0.05, 0.1) is 9.82 Å². The Labute approximate surface area is 113 Å². The van der Waals surface area contributed by atoms with Gasteiger partial charge in [-0.15, -0.1) is 0 Å². The molecule has 0 radical (unpaired) electrons. The molecule has 2 aromatic rings. The van der Waals surface area contributed by atoms with Crippen LogP contribution >= 0.6 is 0 Å². The molecule has 20 heavy (non-hydrogen) atoms. The highest BCUT2D eigenvalue weighted by atomic mass is 32.2. The number of nitrogens with one attached hydrogen (secondary N) is 2. The van der Waals surface area contributed by atoms with Gasteiger partial charge >= 0.3 is 0 Å². The van der Waals surface area contributed by atoms with Crippen LogP contribution in [0.1, 0.15) is 0 Å². The van der Waals surface area contributed by atoms with Crippen molar-refractivity contribution >= 4 is 27.2 Å². The summed E-state index contributed by atoms with van der Waals surface area (Å²) in [6, 6.07) is 4.85. The lowest BCUT2D eigenvalue weighted by molar-refractivity contribution is -0.384. The van der Waals surface area contributed by atoms with Crippen LogP contribution in [0.2, 0.25) is 0 Å². The Balaban J connectivity index is 2.42. The van der Waals surface area contributed by atoms with Crippen LogP contribution < -0.4 is 10.0 Å². The van der Waals surface area contributed by atoms with Gasteiger partial charge in [-0.25, -0.2) is 8.42 Å². The molecule has 0 bridgehead atoms. The third-order valence-corrected chi connectivity index (χ3v) is 3.77. The second-order valence-electron chi connectivity index (χ2n) is 3.68. The van der Waals surface area contributed by atoms with Crippen LogP contribution in [0, 0.1) is 10.1 Å². The van der Waals surface area contributed by atoms with Crippen molar-refractivity contribution in [1.82, 2.24) is 5.16 Å². The van der Waals surface area contributed by atoms with Crippen LogP contribution in [-0.4, -0.2) is 25.5 Å². The summed E-state index contributed by atoms with van der Waals surface area (Å²) in [4.78, 5) is 9.99. The molecule has 2 rings (SSSR count). The summed E-state index contributed by atoms with van der Waals surface area (Å²) < 4.78 is 30.7. The number of nitro groups is 1. The summed E-state index contributed by atoms with van der Waals surface area (Å²) in [7, 11) is -2.46. The van der Waals surface area contributed by atoms with Crippen molar-refractivity contribution in [3.05, 3.63) is 40.6 Å². The molecule has 0 aliphatic heterocycles. The normalized spacial score (nSPS) is 11.1. The van der Waals surface area contributed by atoms with E-state index < -0.39 is 14.9 Å². The van der Waals surface area contributed by atoms with Gasteiger partial charge < -0.3 is 9.84 Å². The Kier molecular flexibility index (Phi) is 3.57. The lowest BCUT2D eigenvalue weighted by atomic mass is 10.3. The number of benzene rings is 1. The topological polar surface area (TPSA) is 127 Å². The van der Waals surface area contributed by atoms with E-state index in [4.69, 9.17) is 0 Å². The van der Waals surface area contributed by atoms with Crippen LogP contribution in [0.4, 0.5) is 17.2 Å². The highest BCUT2D eigenvalue weighted by molar-refractivity contribution is 7.92. The Morgan fingerprint density at radius 1 is 1.35 bits per heavy atom. The zero-order chi connectivity index (χ0) is 14.8. The monoisotopic (exact) mass is 298 g/mol. The standard InChI is InChI=1S/C10H10N4O5S/c1-11-8-3-2-7(6-9(8)14(15)16)20(17,18)13-10-4-5-19-12-10/h2-6,11H,1H3,(H,12,13). The number of rotatable bonds is 5. The van der Waals surface area contributed by atoms with Crippen molar-refractivity contribution in [2.45, 2.75) is 4.90 Å². The third-order valence-electron chi connectivity index (χ3n) is 2.42. The Morgan fingerprint density at radius 2 is 2.10 bits per heavy atom. The second kappa shape index (κ2) is 5.17. The zero-order valence-electron chi connectivity index (χ0n) is 10.2. The molecule has 0 saturated heterocycles. The largest absolute Gasteiger partial charge is 0.383 e. The first-order chi connectivity index (χ1) is 9.44. The summed E-state index contributed by atoms with van der Waals surface area (Å²) in [6.45, 7) is 0. The number of sulfonamides is 1. The maximum atomic E-state index is 12.0. The van der Waals surface area contributed by atoms with E-state index in [1.807, 2.05) is 0 Å². The summed E-state index contributed by atoms with van der Waals surface area (Å²) in [6.07, 6.45) is 1.20. The number of hydrogen-bond donors (Lipinski definition) is 2. The van der Waals surface area contributed by atoms with Gasteiger partial charge in [0.15, 0.2) is 5.82 Å². The maximum absolute atomic E-state index is 12.0. The number of anilines is 2. The highest BCUT2D eigenvalue weighted by Gasteiger charge is 2.21. The average Bonchev–Trinajstić information content (AvgIpc) is 2.89. The van der Waals surface area contributed by atoms with E-state index in [0.29, 0.717) is 0 Å². The van der Waals surface area contributed by atoms with Crippen molar-refractivity contribution in [2.75, 3.05) is 17.1 Å². The Morgan fingerprint density at radius 3 is 2.65 bits per heavy atom. The molecule has 0 spiro atoms. The molecule has 10 heteroatoms. The zero-order valence-corrected chi connectivity index (χ0v) is 11.0. The Bertz CT molecular complexity index is 726. The smallest absolute Gasteiger partial charge is 0.293 e. The molecule has 106 valence electrons. The Hall–Kier alpha value is -2.62. The molecule has 1 aromatic carbocycles. The molecule has 1 aromatic heterocycles. The molecular formula is C10H10N4O5S. The number of nitrogens with zero attached hydrogens (tertiary/aromatic N) is 2. The van der Waals surface area contributed by atoms with Crippen molar-refractivity contribution < 1.29 is 17.9 Å². The fourth-order valence-electron chi connectivity index (χ4n) is 1.50. The van der Waals surface area contributed by atoms with Crippen molar-refractivity contribution in [3.63, 3.8) is 0 Å². The lowest BCUT2D eigenvalue weighted by Gasteiger charge is -2.07. The summed E-state index contributed by atoms with van der Waals surface area (Å²) in [5.74, 6) is -0.00894. The molecule has 1 heterocycles. The van der Waals surface area contributed by atoms with E-state index in [9.17, 15) is 18.5 Å². The van der Waals surface area contributed by atoms with E-state index in [1.54, 1.807) is 0 Å². The molecule has 0 fully saturated rings. The molecule has 0 saturated carbocycles. The van der Waals surface area contributed by atoms with Gasteiger partial charge in [0.1, 0.15) is 12.0 Å². The molecule has 0 atom stereocenters. The minimum Gasteiger partial charge on any atom is -0.383 e. The summed E-state index contributed by atoms with van der Waals surface area (Å²) in [5, 5.41) is 16.9. The van der Waals surface area contributed by atoms with Gasteiger partial charge in [-0.1, -0.05) is 5.16 Å². The van der Waals surface area contributed by atoms with Crippen molar-refractivity contribution in [1.29, 1.82) is 0 Å². The maximum Gasteiger partial charge on any atom is 0.293 e. The van der Waals surface area contributed by atoms with E-state index in [2.05, 4.69) is 19.7 Å². The third kappa shape index (κ3) is 2.69. The van der Waals surface area contributed by atoms with Crippen molar-refractivity contribution in [2.24, 2.45) is 0 Å². The lowest BCUT2D eigenvalue weighted by Crippen LogP contribution is -2.13. The molecule has 0 unspecified atom stereocenters. The molecule has 0 aliphatic rings. The fraction of sp³-hybridized carbons (Fsp3) is 0.100. The highest BCUT2D eigenvalue weighted by Crippen LogP contribution is 2.27. The SMILES string of the molecule is CNc1ccc(S(=O)(=O)Nc2ccon2)cc1[N+](=O)[O-]. The minimum absolute atomic E-state index is 0.00894. The van der Waals surface area contributed by atoms with Crippen LogP contribution in [-0.2, 0) is 10.0 Å². The molecule has 9 nitrogen and oxygen atoms in total.